The standard InChI is InChI=1S/C13H25NO2/c1-3-12-8-5-6-10-14(12)11-7-9-13(15)16-4-2/h12H,3-11H2,1-2H3. The molecule has 0 aliphatic carbocycles. The van der Waals surface area contributed by atoms with E-state index in [2.05, 4.69) is 11.8 Å². The Bertz CT molecular complexity index is 206. The molecule has 1 aliphatic rings. The topological polar surface area (TPSA) is 29.5 Å². The van der Waals surface area contributed by atoms with Crippen molar-refractivity contribution in [2.24, 2.45) is 0 Å². The number of likely N-dealkylation sites (tertiary alicyclic amines) is 1. The second kappa shape index (κ2) is 7.66. The van der Waals surface area contributed by atoms with Gasteiger partial charge in [-0.3, -0.25) is 4.79 Å². The summed E-state index contributed by atoms with van der Waals surface area (Å²) in [6, 6.07) is 0.746. The first-order chi connectivity index (χ1) is 7.77. The Balaban J connectivity index is 2.17. The van der Waals surface area contributed by atoms with Gasteiger partial charge in [0.05, 0.1) is 6.61 Å². The van der Waals surface area contributed by atoms with Crippen LogP contribution in [-0.2, 0) is 9.53 Å². The minimum atomic E-state index is -0.0486. The van der Waals surface area contributed by atoms with Crippen LogP contribution < -0.4 is 0 Å². The minimum absolute atomic E-state index is 0.0486. The normalized spacial score (nSPS) is 22.0. The first-order valence-corrected chi connectivity index (χ1v) is 6.67. The molecule has 0 N–H and O–H groups in total. The summed E-state index contributed by atoms with van der Waals surface area (Å²) in [5.74, 6) is -0.0486. The molecule has 1 heterocycles. The fraction of sp³-hybridized carbons (Fsp3) is 0.923. The number of hydrogen-bond acceptors (Lipinski definition) is 3. The van der Waals surface area contributed by atoms with E-state index in [4.69, 9.17) is 4.74 Å². The average Bonchev–Trinajstić information content (AvgIpc) is 2.30. The zero-order valence-electron chi connectivity index (χ0n) is 10.7. The van der Waals surface area contributed by atoms with Gasteiger partial charge in [-0.2, -0.15) is 0 Å². The minimum Gasteiger partial charge on any atom is -0.466 e. The van der Waals surface area contributed by atoms with Gasteiger partial charge in [0.25, 0.3) is 0 Å². The van der Waals surface area contributed by atoms with Crippen LogP contribution in [0.15, 0.2) is 0 Å². The van der Waals surface area contributed by atoms with Gasteiger partial charge in [0.1, 0.15) is 0 Å². The lowest BCUT2D eigenvalue weighted by atomic mass is 10.00. The summed E-state index contributed by atoms with van der Waals surface area (Å²) in [5, 5.41) is 0. The molecule has 0 spiro atoms. The molecule has 16 heavy (non-hydrogen) atoms. The van der Waals surface area contributed by atoms with Crippen molar-refractivity contribution in [2.75, 3.05) is 19.7 Å². The van der Waals surface area contributed by atoms with Crippen molar-refractivity contribution >= 4 is 5.97 Å². The largest absolute Gasteiger partial charge is 0.466 e. The summed E-state index contributed by atoms with van der Waals surface area (Å²) in [6.07, 6.45) is 6.76. The van der Waals surface area contributed by atoms with E-state index in [9.17, 15) is 4.79 Å². The van der Waals surface area contributed by atoms with E-state index >= 15 is 0 Å². The van der Waals surface area contributed by atoms with Crippen molar-refractivity contribution in [3.8, 4) is 0 Å². The Morgan fingerprint density at radius 2 is 2.19 bits per heavy atom. The molecule has 3 heteroatoms. The van der Waals surface area contributed by atoms with E-state index in [1.807, 2.05) is 6.92 Å². The molecule has 1 unspecified atom stereocenters. The summed E-state index contributed by atoms with van der Waals surface area (Å²) < 4.78 is 4.93. The maximum absolute atomic E-state index is 11.2. The molecule has 3 nitrogen and oxygen atoms in total. The number of carbonyl (C=O) groups excluding carboxylic acids is 1. The highest BCUT2D eigenvalue weighted by Gasteiger charge is 2.20. The monoisotopic (exact) mass is 227 g/mol. The smallest absolute Gasteiger partial charge is 0.305 e. The molecule has 1 rings (SSSR count). The summed E-state index contributed by atoms with van der Waals surface area (Å²) in [4.78, 5) is 13.7. The van der Waals surface area contributed by atoms with Gasteiger partial charge in [-0.15, -0.1) is 0 Å². The van der Waals surface area contributed by atoms with Crippen LogP contribution in [0, 0.1) is 0 Å². The molecule has 0 amide bonds. The van der Waals surface area contributed by atoms with Gasteiger partial charge in [-0.25, -0.2) is 0 Å². The molecular formula is C13H25NO2. The Morgan fingerprint density at radius 3 is 2.88 bits per heavy atom. The third kappa shape index (κ3) is 4.52. The molecule has 1 aliphatic heterocycles. The summed E-state index contributed by atoms with van der Waals surface area (Å²) in [5.41, 5.74) is 0. The molecule has 0 aromatic heterocycles. The first kappa shape index (κ1) is 13.5. The van der Waals surface area contributed by atoms with Crippen molar-refractivity contribution in [1.29, 1.82) is 0 Å². The molecule has 0 aromatic rings. The Morgan fingerprint density at radius 1 is 1.38 bits per heavy atom. The predicted octanol–water partition coefficient (Wildman–Crippen LogP) is 2.59. The van der Waals surface area contributed by atoms with E-state index in [0.29, 0.717) is 13.0 Å². The van der Waals surface area contributed by atoms with Gasteiger partial charge >= 0.3 is 5.97 Å². The second-order valence-electron chi connectivity index (χ2n) is 4.50. The van der Waals surface area contributed by atoms with Crippen LogP contribution in [-0.4, -0.2) is 36.6 Å². The average molecular weight is 227 g/mol. The van der Waals surface area contributed by atoms with Crippen LogP contribution in [0.4, 0.5) is 0 Å². The van der Waals surface area contributed by atoms with Gasteiger partial charge in [-0.1, -0.05) is 13.3 Å². The number of carbonyl (C=O) groups is 1. The molecular weight excluding hydrogens is 202 g/mol. The zero-order valence-corrected chi connectivity index (χ0v) is 10.7. The summed E-state index contributed by atoms with van der Waals surface area (Å²) in [6.45, 7) is 6.88. The highest BCUT2D eigenvalue weighted by atomic mass is 16.5. The van der Waals surface area contributed by atoms with E-state index in [0.717, 1.165) is 19.0 Å². The highest BCUT2D eigenvalue weighted by molar-refractivity contribution is 5.69. The molecule has 1 fully saturated rings. The van der Waals surface area contributed by atoms with Crippen molar-refractivity contribution in [3.05, 3.63) is 0 Å². The van der Waals surface area contributed by atoms with Crippen molar-refractivity contribution in [1.82, 2.24) is 4.90 Å². The fourth-order valence-electron chi connectivity index (χ4n) is 2.48. The third-order valence-electron chi connectivity index (χ3n) is 3.35. The maximum Gasteiger partial charge on any atom is 0.305 e. The molecule has 0 aromatic carbocycles. The number of nitrogens with zero attached hydrogens (tertiary/aromatic N) is 1. The zero-order chi connectivity index (χ0) is 11.8. The summed E-state index contributed by atoms with van der Waals surface area (Å²) in [7, 11) is 0. The number of ether oxygens (including phenoxy) is 1. The second-order valence-corrected chi connectivity index (χ2v) is 4.50. The summed E-state index contributed by atoms with van der Waals surface area (Å²) >= 11 is 0. The number of esters is 1. The highest BCUT2D eigenvalue weighted by Crippen LogP contribution is 2.19. The van der Waals surface area contributed by atoms with Crippen LogP contribution >= 0.6 is 0 Å². The van der Waals surface area contributed by atoms with Crippen LogP contribution in [0.1, 0.15) is 52.4 Å². The van der Waals surface area contributed by atoms with E-state index in [1.54, 1.807) is 0 Å². The van der Waals surface area contributed by atoms with Gasteiger partial charge < -0.3 is 9.64 Å². The molecule has 0 bridgehead atoms. The van der Waals surface area contributed by atoms with Crippen LogP contribution in [0.5, 0.6) is 0 Å². The van der Waals surface area contributed by atoms with Gasteiger partial charge in [-0.05, 0) is 45.7 Å². The quantitative estimate of drug-likeness (QED) is 0.653. The Kier molecular flexibility index (Phi) is 6.46. The lowest BCUT2D eigenvalue weighted by Crippen LogP contribution is -2.39. The maximum atomic E-state index is 11.2. The number of piperidine rings is 1. The Labute approximate surface area is 99.1 Å². The lowest BCUT2D eigenvalue weighted by molar-refractivity contribution is -0.143. The molecule has 0 radical (unpaired) electrons. The van der Waals surface area contributed by atoms with E-state index in [-0.39, 0.29) is 5.97 Å². The molecule has 94 valence electrons. The molecule has 1 saturated heterocycles. The van der Waals surface area contributed by atoms with Crippen LogP contribution in [0.2, 0.25) is 0 Å². The van der Waals surface area contributed by atoms with Gasteiger partial charge in [0, 0.05) is 12.5 Å². The van der Waals surface area contributed by atoms with Crippen LogP contribution in [0.3, 0.4) is 0 Å². The van der Waals surface area contributed by atoms with E-state index in [1.165, 1.54) is 32.2 Å². The van der Waals surface area contributed by atoms with Gasteiger partial charge in [0.15, 0.2) is 0 Å². The SMILES string of the molecule is CCOC(=O)CCCN1CCCCC1CC. The van der Waals surface area contributed by atoms with Crippen molar-refractivity contribution in [3.63, 3.8) is 0 Å². The van der Waals surface area contributed by atoms with Crippen LogP contribution in [0.25, 0.3) is 0 Å². The van der Waals surface area contributed by atoms with E-state index < -0.39 is 0 Å². The number of rotatable bonds is 6. The predicted molar refractivity (Wildman–Crippen MR) is 65.4 cm³/mol. The Hall–Kier alpha value is -0.570. The molecule has 0 saturated carbocycles. The fourth-order valence-corrected chi connectivity index (χ4v) is 2.48. The third-order valence-corrected chi connectivity index (χ3v) is 3.35. The lowest BCUT2D eigenvalue weighted by Gasteiger charge is -2.35. The van der Waals surface area contributed by atoms with Crippen molar-refractivity contribution < 1.29 is 9.53 Å². The van der Waals surface area contributed by atoms with Crippen molar-refractivity contribution in [2.45, 2.75) is 58.4 Å². The first-order valence-electron chi connectivity index (χ1n) is 6.67. The number of hydrogen-bond donors (Lipinski definition) is 0. The molecule has 1 atom stereocenters. The van der Waals surface area contributed by atoms with Gasteiger partial charge in [0.2, 0.25) is 0 Å².